The van der Waals surface area contributed by atoms with Gasteiger partial charge >= 0.3 is 0 Å². The quantitative estimate of drug-likeness (QED) is 0.525. The topological polar surface area (TPSA) is 70.7 Å². The number of methoxy groups -OCH3 is 1. The Kier molecular flexibility index (Phi) is 7.00. The molecule has 0 saturated carbocycles. The van der Waals surface area contributed by atoms with Crippen molar-refractivity contribution in [2.24, 2.45) is 5.92 Å². The van der Waals surface area contributed by atoms with E-state index in [0.29, 0.717) is 34.5 Å². The number of hydrogen-bond donors (Lipinski definition) is 2. The van der Waals surface area contributed by atoms with Gasteiger partial charge in [-0.3, -0.25) is 9.59 Å². The molecule has 0 spiro atoms. The zero-order valence-corrected chi connectivity index (χ0v) is 20.3. The number of carbonyl (C=O) groups is 2. The lowest BCUT2D eigenvalue weighted by Gasteiger charge is -2.44. The van der Waals surface area contributed by atoms with Crippen molar-refractivity contribution in [2.45, 2.75) is 38.1 Å². The molecule has 2 N–H and O–H groups in total. The summed E-state index contributed by atoms with van der Waals surface area (Å²) in [5.41, 5.74) is 1.70. The van der Waals surface area contributed by atoms with Gasteiger partial charge in [0.1, 0.15) is 5.75 Å². The maximum absolute atomic E-state index is 13.0. The van der Waals surface area contributed by atoms with Crippen molar-refractivity contribution in [3.8, 4) is 5.75 Å². The first kappa shape index (κ1) is 23.4. The van der Waals surface area contributed by atoms with Gasteiger partial charge in [0.15, 0.2) is 0 Å². The Morgan fingerprint density at radius 1 is 0.914 bits per heavy atom. The fraction of sp³-hybridized carbons (Fsp3) is 0.379. The Balaban J connectivity index is 1.21. The van der Waals surface area contributed by atoms with Crippen LogP contribution in [0.3, 0.4) is 0 Å². The second kappa shape index (κ2) is 10.5. The maximum atomic E-state index is 13.0. The molecule has 2 fully saturated rings. The van der Waals surface area contributed by atoms with Crippen LogP contribution >= 0.6 is 0 Å². The average molecular weight is 472 g/mol. The lowest BCUT2D eigenvalue weighted by molar-refractivity contribution is 0.0575. The fourth-order valence-electron chi connectivity index (χ4n) is 5.61. The van der Waals surface area contributed by atoms with Crippen LogP contribution in [0.1, 0.15) is 52.8 Å². The van der Waals surface area contributed by atoms with Gasteiger partial charge in [0.05, 0.1) is 12.7 Å². The van der Waals surface area contributed by atoms with Gasteiger partial charge in [-0.2, -0.15) is 0 Å². The molecule has 3 aromatic rings. The molecule has 0 aromatic heterocycles. The summed E-state index contributed by atoms with van der Waals surface area (Å²) < 4.78 is 5.46. The van der Waals surface area contributed by atoms with Gasteiger partial charge in [-0.25, -0.2) is 0 Å². The predicted molar refractivity (Wildman–Crippen MR) is 139 cm³/mol. The molecule has 182 valence electrons. The van der Waals surface area contributed by atoms with Gasteiger partial charge in [0.25, 0.3) is 11.8 Å². The Labute approximate surface area is 206 Å². The number of ether oxygens (including phenoxy) is 1. The van der Waals surface area contributed by atoms with E-state index in [9.17, 15) is 9.59 Å². The molecule has 2 aliphatic rings. The van der Waals surface area contributed by atoms with Gasteiger partial charge in [-0.05, 0) is 91.9 Å². The van der Waals surface area contributed by atoms with E-state index in [2.05, 4.69) is 15.5 Å². The molecule has 0 bridgehead atoms. The number of amides is 2. The van der Waals surface area contributed by atoms with Gasteiger partial charge in [-0.15, -0.1) is 0 Å². The van der Waals surface area contributed by atoms with E-state index in [-0.39, 0.29) is 11.8 Å². The highest BCUT2D eigenvalue weighted by molar-refractivity contribution is 6.09. The number of benzene rings is 3. The largest absolute Gasteiger partial charge is 0.496 e. The SMILES string of the molecule is COc1cc2ccccc2cc1C(=O)Nc1ccc(C(=O)NC[C@@H]2CCCN3CCCC[C@H]23)cc1. The number of nitrogens with one attached hydrogen (secondary N) is 2. The van der Waals surface area contributed by atoms with Crippen molar-refractivity contribution in [3.05, 3.63) is 71.8 Å². The summed E-state index contributed by atoms with van der Waals surface area (Å²) in [6.07, 6.45) is 6.24. The van der Waals surface area contributed by atoms with Crippen molar-refractivity contribution < 1.29 is 14.3 Å². The zero-order chi connectivity index (χ0) is 24.2. The van der Waals surface area contributed by atoms with Gasteiger partial charge < -0.3 is 20.3 Å². The average Bonchev–Trinajstić information content (AvgIpc) is 2.91. The van der Waals surface area contributed by atoms with Crippen LogP contribution in [0.4, 0.5) is 5.69 Å². The Morgan fingerprint density at radius 3 is 2.43 bits per heavy atom. The summed E-state index contributed by atoms with van der Waals surface area (Å²) in [6, 6.07) is 19.2. The normalized spacial score (nSPS) is 20.1. The van der Waals surface area contributed by atoms with Crippen LogP contribution in [-0.4, -0.2) is 49.5 Å². The standard InChI is InChI=1S/C29H33N3O3/c1-35-27-18-22-8-3-2-7-21(22)17-25(27)29(34)31-24-13-11-20(12-14-24)28(33)30-19-23-9-6-16-32-15-5-4-10-26(23)32/h2-3,7-8,11-14,17-18,23,26H,4-6,9-10,15-16,19H2,1H3,(H,30,33)(H,31,34)/t23-,26+/m0/s1. The highest BCUT2D eigenvalue weighted by Crippen LogP contribution is 2.30. The Bertz CT molecular complexity index is 1210. The van der Waals surface area contributed by atoms with Crippen LogP contribution in [0.15, 0.2) is 60.7 Å². The molecule has 2 aliphatic heterocycles. The van der Waals surface area contributed by atoms with E-state index >= 15 is 0 Å². The van der Waals surface area contributed by atoms with Crippen molar-refractivity contribution in [2.75, 3.05) is 32.1 Å². The molecular formula is C29H33N3O3. The molecule has 2 amide bonds. The first-order chi connectivity index (χ1) is 17.1. The highest BCUT2D eigenvalue weighted by Gasteiger charge is 2.32. The molecule has 2 heterocycles. The molecule has 5 rings (SSSR count). The smallest absolute Gasteiger partial charge is 0.259 e. The lowest BCUT2D eigenvalue weighted by atomic mass is 9.83. The first-order valence-corrected chi connectivity index (χ1v) is 12.6. The van der Waals surface area contributed by atoms with Crippen molar-refractivity contribution in [3.63, 3.8) is 0 Å². The molecule has 6 heteroatoms. The van der Waals surface area contributed by atoms with E-state index in [4.69, 9.17) is 4.74 Å². The molecule has 0 unspecified atom stereocenters. The number of hydrogen-bond acceptors (Lipinski definition) is 4. The van der Waals surface area contributed by atoms with Crippen molar-refractivity contribution >= 4 is 28.3 Å². The molecule has 0 radical (unpaired) electrons. The Morgan fingerprint density at radius 2 is 1.66 bits per heavy atom. The minimum absolute atomic E-state index is 0.0630. The number of fused-ring (bicyclic) bond motifs is 2. The van der Waals surface area contributed by atoms with Gasteiger partial charge in [0.2, 0.25) is 0 Å². The highest BCUT2D eigenvalue weighted by atomic mass is 16.5. The van der Waals surface area contributed by atoms with Crippen molar-refractivity contribution in [1.82, 2.24) is 10.2 Å². The summed E-state index contributed by atoms with van der Waals surface area (Å²) in [5, 5.41) is 8.06. The van der Waals surface area contributed by atoms with Gasteiger partial charge in [0, 0.05) is 23.8 Å². The minimum atomic E-state index is -0.251. The summed E-state index contributed by atoms with van der Waals surface area (Å²) in [4.78, 5) is 28.4. The summed E-state index contributed by atoms with van der Waals surface area (Å²) >= 11 is 0. The molecule has 2 atom stereocenters. The number of rotatable bonds is 6. The fourth-order valence-corrected chi connectivity index (χ4v) is 5.61. The summed E-state index contributed by atoms with van der Waals surface area (Å²) in [5.74, 6) is 0.742. The number of nitrogens with zero attached hydrogens (tertiary/aromatic N) is 1. The Hall–Kier alpha value is -3.38. The first-order valence-electron chi connectivity index (χ1n) is 12.6. The molecular weight excluding hydrogens is 438 g/mol. The molecule has 35 heavy (non-hydrogen) atoms. The van der Waals surface area contributed by atoms with Crippen LogP contribution in [0.5, 0.6) is 5.75 Å². The predicted octanol–water partition coefficient (Wildman–Crippen LogP) is 5.10. The van der Waals surface area contributed by atoms with Crippen LogP contribution < -0.4 is 15.4 Å². The minimum Gasteiger partial charge on any atom is -0.496 e. The lowest BCUT2D eigenvalue weighted by Crippen LogP contribution is -2.51. The third-order valence-corrected chi connectivity index (χ3v) is 7.47. The molecule has 0 aliphatic carbocycles. The van der Waals surface area contributed by atoms with Crippen LogP contribution in [0.2, 0.25) is 0 Å². The van der Waals surface area contributed by atoms with Crippen LogP contribution in [0, 0.1) is 5.92 Å². The number of piperidine rings is 2. The van der Waals surface area contributed by atoms with Crippen LogP contribution in [-0.2, 0) is 0 Å². The zero-order valence-electron chi connectivity index (χ0n) is 20.3. The second-order valence-electron chi connectivity index (χ2n) is 9.64. The van der Waals surface area contributed by atoms with Gasteiger partial charge in [-0.1, -0.05) is 30.7 Å². The van der Waals surface area contributed by atoms with Crippen molar-refractivity contribution in [1.29, 1.82) is 0 Å². The maximum Gasteiger partial charge on any atom is 0.259 e. The summed E-state index contributed by atoms with van der Waals surface area (Å²) in [6.45, 7) is 3.13. The molecule has 3 aromatic carbocycles. The second-order valence-corrected chi connectivity index (χ2v) is 9.64. The van der Waals surface area contributed by atoms with E-state index < -0.39 is 0 Å². The number of carbonyl (C=O) groups excluding carboxylic acids is 2. The van der Waals surface area contributed by atoms with E-state index in [0.717, 1.165) is 17.3 Å². The summed E-state index contributed by atoms with van der Waals surface area (Å²) in [7, 11) is 1.56. The van der Waals surface area contributed by atoms with E-state index in [1.54, 1.807) is 31.4 Å². The third kappa shape index (κ3) is 5.17. The molecule has 6 nitrogen and oxygen atoms in total. The monoisotopic (exact) mass is 471 g/mol. The number of anilines is 1. The van der Waals surface area contributed by atoms with E-state index in [1.165, 1.54) is 45.2 Å². The van der Waals surface area contributed by atoms with Crippen LogP contribution in [0.25, 0.3) is 10.8 Å². The van der Waals surface area contributed by atoms with E-state index in [1.807, 2.05) is 36.4 Å². The molecule has 2 saturated heterocycles. The third-order valence-electron chi connectivity index (χ3n) is 7.47.